The van der Waals surface area contributed by atoms with Crippen LogP contribution in [0.2, 0.25) is 0 Å². The Morgan fingerprint density at radius 3 is 2.52 bits per heavy atom. The van der Waals surface area contributed by atoms with Gasteiger partial charge in [-0.2, -0.15) is 0 Å². The van der Waals surface area contributed by atoms with Crippen molar-refractivity contribution >= 4 is 0 Å². The van der Waals surface area contributed by atoms with E-state index in [-0.39, 0.29) is 0 Å². The summed E-state index contributed by atoms with van der Waals surface area (Å²) in [6.45, 7) is 6.64. The lowest BCUT2D eigenvalue weighted by Crippen LogP contribution is -2.17. The van der Waals surface area contributed by atoms with Gasteiger partial charge in [0.25, 0.3) is 0 Å². The first-order valence-electron chi connectivity index (χ1n) is 9.93. The smallest absolute Gasteiger partial charge is 0.119 e. The van der Waals surface area contributed by atoms with Crippen molar-refractivity contribution in [1.29, 1.82) is 0 Å². The summed E-state index contributed by atoms with van der Waals surface area (Å²) in [5.74, 6) is 4.52. The Hall–Kier alpha value is -0.980. The molecule has 1 aromatic carbocycles. The van der Waals surface area contributed by atoms with E-state index in [4.69, 9.17) is 0 Å². The van der Waals surface area contributed by atoms with Crippen LogP contribution in [0.15, 0.2) is 18.2 Å². The van der Waals surface area contributed by atoms with Crippen molar-refractivity contribution in [3.8, 4) is 5.75 Å². The number of phenolic OH excluding ortho intramolecular Hbond substituents is 1. The van der Waals surface area contributed by atoms with Gasteiger partial charge in [-0.25, -0.2) is 0 Å². The molecule has 2 aliphatic rings. The van der Waals surface area contributed by atoms with Crippen molar-refractivity contribution in [3.63, 3.8) is 0 Å². The number of hydrogen-bond acceptors (Lipinski definition) is 1. The molecule has 128 valence electrons. The minimum Gasteiger partial charge on any atom is -0.508 e. The van der Waals surface area contributed by atoms with Gasteiger partial charge in [0, 0.05) is 0 Å². The van der Waals surface area contributed by atoms with Crippen molar-refractivity contribution in [3.05, 3.63) is 29.3 Å². The van der Waals surface area contributed by atoms with Gasteiger partial charge in [0.15, 0.2) is 0 Å². The summed E-state index contributed by atoms with van der Waals surface area (Å²) < 4.78 is 0. The Balaban J connectivity index is 1.60. The zero-order chi connectivity index (χ0) is 16.4. The predicted octanol–water partition coefficient (Wildman–Crippen LogP) is 6.62. The highest BCUT2D eigenvalue weighted by atomic mass is 16.3. The molecule has 4 unspecified atom stereocenters. The van der Waals surface area contributed by atoms with E-state index in [0.717, 1.165) is 29.2 Å². The van der Waals surface area contributed by atoms with Gasteiger partial charge in [0.1, 0.15) is 5.75 Å². The Kier molecular flexibility index (Phi) is 5.34. The number of hydrogen-bond donors (Lipinski definition) is 1. The molecular weight excluding hydrogens is 280 g/mol. The molecule has 1 aromatic rings. The highest BCUT2D eigenvalue weighted by molar-refractivity contribution is 5.40. The van der Waals surface area contributed by atoms with E-state index in [1.54, 1.807) is 0 Å². The maximum absolute atomic E-state index is 10.1. The second-order valence-electron chi connectivity index (χ2n) is 8.42. The van der Waals surface area contributed by atoms with E-state index in [1.165, 1.54) is 56.9 Å². The fraction of sp³-hybridized carbons (Fsp3) is 0.727. The predicted molar refractivity (Wildman–Crippen MR) is 98.0 cm³/mol. The monoisotopic (exact) mass is 314 g/mol. The fourth-order valence-electron chi connectivity index (χ4n) is 5.26. The van der Waals surface area contributed by atoms with E-state index in [1.807, 2.05) is 6.07 Å². The summed E-state index contributed by atoms with van der Waals surface area (Å²) >= 11 is 0. The minimum absolute atomic E-state index is 0.403. The third-order valence-corrected chi connectivity index (χ3v) is 6.53. The Morgan fingerprint density at radius 1 is 1.04 bits per heavy atom. The van der Waals surface area contributed by atoms with Crippen molar-refractivity contribution in [2.24, 2.45) is 17.8 Å². The van der Waals surface area contributed by atoms with Crippen LogP contribution in [0.25, 0.3) is 0 Å². The maximum atomic E-state index is 10.1. The zero-order valence-electron chi connectivity index (χ0n) is 15.2. The lowest BCUT2D eigenvalue weighted by atomic mass is 9.76. The van der Waals surface area contributed by atoms with Crippen LogP contribution in [0.3, 0.4) is 0 Å². The second-order valence-corrected chi connectivity index (χ2v) is 8.42. The first-order valence-corrected chi connectivity index (χ1v) is 9.93. The van der Waals surface area contributed by atoms with Gasteiger partial charge in [-0.15, -0.1) is 0 Å². The average Bonchev–Trinajstić information content (AvgIpc) is 3.12. The lowest BCUT2D eigenvalue weighted by molar-refractivity contribution is 0.282. The van der Waals surface area contributed by atoms with Gasteiger partial charge in [-0.3, -0.25) is 0 Å². The Labute approximate surface area is 142 Å². The van der Waals surface area contributed by atoms with E-state index in [0.29, 0.717) is 11.7 Å². The van der Waals surface area contributed by atoms with Crippen molar-refractivity contribution in [2.75, 3.05) is 0 Å². The van der Waals surface area contributed by atoms with E-state index < -0.39 is 0 Å². The molecule has 1 N–H and O–H groups in total. The molecule has 3 rings (SSSR count). The fourth-order valence-corrected chi connectivity index (χ4v) is 5.26. The molecule has 0 heterocycles. The van der Waals surface area contributed by atoms with Gasteiger partial charge in [-0.05, 0) is 66.0 Å². The SMILES string of the molecule is CCCCCCC1CC2CC1CC2c1ccc(O)c(C(C)C)c1. The quantitative estimate of drug-likeness (QED) is 0.561. The van der Waals surface area contributed by atoms with Crippen LogP contribution in [0.4, 0.5) is 0 Å². The summed E-state index contributed by atoms with van der Waals surface area (Å²) in [4.78, 5) is 0. The van der Waals surface area contributed by atoms with Crippen molar-refractivity contribution in [2.45, 2.75) is 84.0 Å². The summed E-state index contributed by atoms with van der Waals surface area (Å²) in [6.07, 6.45) is 11.4. The van der Waals surface area contributed by atoms with Crippen LogP contribution in [-0.2, 0) is 0 Å². The van der Waals surface area contributed by atoms with Gasteiger partial charge >= 0.3 is 0 Å². The molecule has 0 aromatic heterocycles. The Morgan fingerprint density at radius 2 is 1.87 bits per heavy atom. The maximum Gasteiger partial charge on any atom is 0.119 e. The first-order chi connectivity index (χ1) is 11.1. The van der Waals surface area contributed by atoms with Crippen molar-refractivity contribution in [1.82, 2.24) is 0 Å². The molecule has 1 nitrogen and oxygen atoms in total. The zero-order valence-corrected chi connectivity index (χ0v) is 15.2. The molecule has 2 saturated carbocycles. The summed E-state index contributed by atoms with van der Waals surface area (Å²) in [5, 5.41) is 10.1. The standard InChI is InChI=1S/C22H34O/c1-4-5-6-7-8-16-11-19-12-18(16)14-21(19)17-9-10-22(23)20(13-17)15(2)3/h9-10,13,15-16,18-19,21,23H,4-8,11-12,14H2,1-3H3. The van der Waals surface area contributed by atoms with Crippen LogP contribution in [0.5, 0.6) is 5.75 Å². The highest BCUT2D eigenvalue weighted by Crippen LogP contribution is 2.57. The van der Waals surface area contributed by atoms with Crippen LogP contribution in [0, 0.1) is 17.8 Å². The van der Waals surface area contributed by atoms with E-state index >= 15 is 0 Å². The largest absolute Gasteiger partial charge is 0.508 e. The van der Waals surface area contributed by atoms with Crippen molar-refractivity contribution < 1.29 is 5.11 Å². The number of aromatic hydroxyl groups is 1. The molecule has 0 aliphatic heterocycles. The van der Waals surface area contributed by atoms with Crippen LogP contribution >= 0.6 is 0 Å². The summed E-state index contributed by atoms with van der Waals surface area (Å²) in [7, 11) is 0. The number of fused-ring (bicyclic) bond motifs is 2. The second kappa shape index (κ2) is 7.28. The Bertz CT molecular complexity index is 519. The van der Waals surface area contributed by atoms with Gasteiger partial charge in [0.2, 0.25) is 0 Å². The van der Waals surface area contributed by atoms with Gasteiger partial charge < -0.3 is 5.11 Å². The first kappa shape index (κ1) is 16.9. The minimum atomic E-state index is 0.403. The number of unbranched alkanes of at least 4 members (excludes halogenated alkanes) is 3. The topological polar surface area (TPSA) is 20.2 Å². The molecule has 0 spiro atoms. The third kappa shape index (κ3) is 3.59. The van der Waals surface area contributed by atoms with Gasteiger partial charge in [-0.1, -0.05) is 65.0 Å². The number of phenols is 1. The molecule has 0 radical (unpaired) electrons. The molecule has 2 bridgehead atoms. The molecule has 2 fully saturated rings. The molecular formula is C22H34O. The number of rotatable bonds is 7. The normalized spacial score (nSPS) is 29.6. The summed E-state index contributed by atoms with van der Waals surface area (Å²) in [5.41, 5.74) is 2.62. The number of benzene rings is 1. The van der Waals surface area contributed by atoms with E-state index in [2.05, 4.69) is 32.9 Å². The van der Waals surface area contributed by atoms with Crippen LogP contribution in [-0.4, -0.2) is 5.11 Å². The van der Waals surface area contributed by atoms with E-state index in [9.17, 15) is 5.11 Å². The van der Waals surface area contributed by atoms with Crippen LogP contribution < -0.4 is 0 Å². The highest BCUT2D eigenvalue weighted by Gasteiger charge is 2.45. The molecule has 23 heavy (non-hydrogen) atoms. The molecule has 1 heteroatoms. The molecule has 2 aliphatic carbocycles. The van der Waals surface area contributed by atoms with Gasteiger partial charge in [0.05, 0.1) is 0 Å². The molecule has 4 atom stereocenters. The average molecular weight is 315 g/mol. The molecule has 0 saturated heterocycles. The molecule has 0 amide bonds. The summed E-state index contributed by atoms with van der Waals surface area (Å²) in [6, 6.07) is 6.41. The third-order valence-electron chi connectivity index (χ3n) is 6.53. The van der Waals surface area contributed by atoms with Crippen LogP contribution in [0.1, 0.15) is 95.1 Å². The lowest BCUT2D eigenvalue weighted by Gasteiger charge is -2.29.